The molecule has 5 nitrogen and oxygen atoms in total. The van der Waals surface area contributed by atoms with Gasteiger partial charge in [-0.1, -0.05) is 19.1 Å². The summed E-state index contributed by atoms with van der Waals surface area (Å²) in [7, 11) is 1.57. The highest BCUT2D eigenvalue weighted by atomic mass is 32.1. The van der Waals surface area contributed by atoms with Gasteiger partial charge in [0, 0.05) is 4.88 Å². The Labute approximate surface area is 145 Å². The molecule has 1 unspecified atom stereocenters. The molecular formula is C18H21NO4S. The Balaban J connectivity index is 2.27. The van der Waals surface area contributed by atoms with Gasteiger partial charge in [0.2, 0.25) is 5.91 Å². The second kappa shape index (κ2) is 7.49. The van der Waals surface area contributed by atoms with Crippen LogP contribution in [0.1, 0.15) is 46.1 Å². The number of nitrogens with one attached hydrogen (secondary N) is 1. The minimum atomic E-state index is -1.01. The number of anilines is 1. The van der Waals surface area contributed by atoms with Crippen molar-refractivity contribution in [2.24, 2.45) is 0 Å². The first-order valence-corrected chi connectivity index (χ1v) is 8.51. The molecule has 24 heavy (non-hydrogen) atoms. The third kappa shape index (κ3) is 3.59. The van der Waals surface area contributed by atoms with Gasteiger partial charge in [0.25, 0.3) is 0 Å². The maximum atomic E-state index is 12.6. The van der Waals surface area contributed by atoms with Crippen LogP contribution in [0, 0.1) is 6.92 Å². The molecule has 2 aromatic rings. The highest BCUT2D eigenvalue weighted by Crippen LogP contribution is 2.34. The fraction of sp³-hybridized carbons (Fsp3) is 0.333. The molecule has 1 amide bonds. The fourth-order valence-corrected chi connectivity index (χ4v) is 3.74. The molecule has 1 aromatic carbocycles. The molecule has 1 heterocycles. The predicted molar refractivity (Wildman–Crippen MR) is 95.4 cm³/mol. The van der Waals surface area contributed by atoms with Crippen LogP contribution in [0.4, 0.5) is 5.00 Å². The van der Waals surface area contributed by atoms with Crippen molar-refractivity contribution in [1.29, 1.82) is 0 Å². The van der Waals surface area contributed by atoms with E-state index in [4.69, 9.17) is 4.74 Å². The summed E-state index contributed by atoms with van der Waals surface area (Å²) >= 11 is 1.31. The predicted octanol–water partition coefficient (Wildman–Crippen LogP) is 4.07. The van der Waals surface area contributed by atoms with Gasteiger partial charge in [0.15, 0.2) is 0 Å². The van der Waals surface area contributed by atoms with Crippen LogP contribution in [0.5, 0.6) is 5.75 Å². The largest absolute Gasteiger partial charge is 0.497 e. The van der Waals surface area contributed by atoms with Gasteiger partial charge >= 0.3 is 5.97 Å². The van der Waals surface area contributed by atoms with Crippen molar-refractivity contribution in [3.63, 3.8) is 0 Å². The van der Waals surface area contributed by atoms with Crippen LogP contribution in [0.15, 0.2) is 24.3 Å². The van der Waals surface area contributed by atoms with E-state index in [2.05, 4.69) is 5.32 Å². The highest BCUT2D eigenvalue weighted by Gasteiger charge is 2.24. The number of ether oxygens (including phenoxy) is 1. The molecule has 0 aliphatic rings. The van der Waals surface area contributed by atoms with E-state index in [0.717, 1.165) is 16.0 Å². The lowest BCUT2D eigenvalue weighted by Gasteiger charge is -2.13. The number of carboxylic acids is 1. The minimum Gasteiger partial charge on any atom is -0.497 e. The number of rotatable bonds is 6. The summed E-state index contributed by atoms with van der Waals surface area (Å²) in [4.78, 5) is 25.0. The van der Waals surface area contributed by atoms with E-state index < -0.39 is 11.9 Å². The molecule has 0 spiro atoms. The van der Waals surface area contributed by atoms with Crippen molar-refractivity contribution >= 4 is 28.2 Å². The van der Waals surface area contributed by atoms with Crippen LogP contribution >= 0.6 is 11.3 Å². The van der Waals surface area contributed by atoms with Gasteiger partial charge < -0.3 is 15.2 Å². The molecule has 0 aliphatic carbocycles. The van der Waals surface area contributed by atoms with Crippen molar-refractivity contribution in [2.75, 3.05) is 12.4 Å². The summed E-state index contributed by atoms with van der Waals surface area (Å²) in [6, 6.07) is 7.29. The van der Waals surface area contributed by atoms with Crippen LogP contribution in [-0.2, 0) is 11.2 Å². The van der Waals surface area contributed by atoms with Crippen molar-refractivity contribution in [3.8, 4) is 5.75 Å². The van der Waals surface area contributed by atoms with Gasteiger partial charge in [-0.05, 0) is 43.5 Å². The van der Waals surface area contributed by atoms with Crippen LogP contribution in [-0.4, -0.2) is 24.1 Å². The zero-order chi connectivity index (χ0) is 17.9. The number of amides is 1. The number of carbonyl (C=O) groups is 2. The third-order valence-corrected chi connectivity index (χ3v) is 5.06. The van der Waals surface area contributed by atoms with E-state index in [-0.39, 0.29) is 11.5 Å². The van der Waals surface area contributed by atoms with Crippen LogP contribution < -0.4 is 10.1 Å². The third-order valence-electron chi connectivity index (χ3n) is 4.00. The summed E-state index contributed by atoms with van der Waals surface area (Å²) in [6.45, 7) is 5.56. The van der Waals surface area contributed by atoms with Gasteiger partial charge in [-0.2, -0.15) is 0 Å². The monoisotopic (exact) mass is 347 g/mol. The van der Waals surface area contributed by atoms with Crippen LogP contribution in [0.25, 0.3) is 0 Å². The Morgan fingerprint density at radius 1 is 1.38 bits per heavy atom. The van der Waals surface area contributed by atoms with Crippen molar-refractivity contribution in [1.82, 2.24) is 0 Å². The number of aryl methyl sites for hydroxylation is 1. The summed E-state index contributed by atoms with van der Waals surface area (Å²) in [5.41, 5.74) is 1.79. The number of thiophene rings is 1. The number of benzene rings is 1. The molecule has 0 aliphatic heterocycles. The fourth-order valence-electron chi connectivity index (χ4n) is 2.60. The Hall–Kier alpha value is -2.34. The molecule has 1 atom stereocenters. The first kappa shape index (κ1) is 18.0. The number of hydrogen-bond acceptors (Lipinski definition) is 4. The average Bonchev–Trinajstić information content (AvgIpc) is 2.89. The number of aromatic carboxylic acids is 1. The molecule has 2 rings (SSSR count). The Morgan fingerprint density at radius 3 is 2.67 bits per heavy atom. The Kier molecular flexibility index (Phi) is 5.62. The number of carboxylic acid groups (broad SMARTS) is 1. The first-order valence-electron chi connectivity index (χ1n) is 7.69. The molecule has 0 saturated carbocycles. The maximum Gasteiger partial charge on any atom is 0.339 e. The SMILES string of the molecule is CCc1c(C)sc(NC(=O)C(C)c2cccc(OC)c2)c1C(=O)O. The summed E-state index contributed by atoms with van der Waals surface area (Å²) in [6.07, 6.45) is 0.616. The summed E-state index contributed by atoms with van der Waals surface area (Å²) in [5, 5.41) is 12.6. The second-order valence-corrected chi connectivity index (χ2v) is 6.71. The van der Waals surface area contributed by atoms with E-state index >= 15 is 0 Å². The van der Waals surface area contributed by atoms with E-state index in [9.17, 15) is 14.7 Å². The van der Waals surface area contributed by atoms with E-state index in [1.807, 2.05) is 32.0 Å². The first-order chi connectivity index (χ1) is 11.4. The molecule has 1 aromatic heterocycles. The van der Waals surface area contributed by atoms with Gasteiger partial charge in [-0.15, -0.1) is 11.3 Å². The van der Waals surface area contributed by atoms with E-state index in [0.29, 0.717) is 17.2 Å². The highest BCUT2D eigenvalue weighted by molar-refractivity contribution is 7.16. The van der Waals surface area contributed by atoms with Gasteiger partial charge in [0.05, 0.1) is 18.6 Å². The number of hydrogen-bond donors (Lipinski definition) is 2. The van der Waals surface area contributed by atoms with Crippen molar-refractivity contribution in [2.45, 2.75) is 33.1 Å². The topological polar surface area (TPSA) is 75.6 Å². The lowest BCUT2D eigenvalue weighted by Crippen LogP contribution is -2.19. The zero-order valence-corrected chi connectivity index (χ0v) is 15.0. The molecule has 6 heteroatoms. The Morgan fingerprint density at radius 2 is 2.08 bits per heavy atom. The van der Waals surface area contributed by atoms with Gasteiger partial charge in [-0.3, -0.25) is 4.79 Å². The molecule has 2 N–H and O–H groups in total. The second-order valence-electron chi connectivity index (χ2n) is 5.49. The smallest absolute Gasteiger partial charge is 0.339 e. The molecule has 128 valence electrons. The van der Waals surface area contributed by atoms with Crippen LogP contribution in [0.3, 0.4) is 0 Å². The maximum absolute atomic E-state index is 12.6. The minimum absolute atomic E-state index is 0.200. The average molecular weight is 347 g/mol. The lowest BCUT2D eigenvalue weighted by molar-refractivity contribution is -0.117. The molecule has 0 saturated heterocycles. The van der Waals surface area contributed by atoms with Gasteiger partial charge in [-0.25, -0.2) is 4.79 Å². The number of methoxy groups -OCH3 is 1. The molecular weight excluding hydrogens is 326 g/mol. The lowest BCUT2D eigenvalue weighted by atomic mass is 10.00. The summed E-state index contributed by atoms with van der Waals surface area (Å²) in [5.74, 6) is -0.997. The normalized spacial score (nSPS) is 11.8. The van der Waals surface area contributed by atoms with E-state index in [1.54, 1.807) is 20.1 Å². The molecule has 0 bridgehead atoms. The van der Waals surface area contributed by atoms with E-state index in [1.165, 1.54) is 11.3 Å². The molecule has 0 radical (unpaired) electrons. The quantitative estimate of drug-likeness (QED) is 0.826. The van der Waals surface area contributed by atoms with Crippen molar-refractivity contribution < 1.29 is 19.4 Å². The standard InChI is InChI=1S/C18H21NO4S/c1-5-14-11(3)24-17(15(14)18(21)22)19-16(20)10(2)12-7-6-8-13(9-12)23-4/h6-10H,5H2,1-4H3,(H,19,20)(H,21,22). The van der Waals surface area contributed by atoms with Crippen molar-refractivity contribution in [3.05, 3.63) is 45.8 Å². The van der Waals surface area contributed by atoms with Crippen LogP contribution in [0.2, 0.25) is 0 Å². The molecule has 0 fully saturated rings. The number of carbonyl (C=O) groups excluding carboxylic acids is 1. The Bertz CT molecular complexity index is 766. The zero-order valence-electron chi connectivity index (χ0n) is 14.2. The summed E-state index contributed by atoms with van der Waals surface area (Å²) < 4.78 is 5.18. The van der Waals surface area contributed by atoms with Gasteiger partial charge in [0.1, 0.15) is 10.8 Å².